The highest BCUT2D eigenvalue weighted by molar-refractivity contribution is 6.30. The molecule has 0 radical (unpaired) electrons. The number of ketones is 1. The topological polar surface area (TPSA) is 94.9 Å². The summed E-state index contributed by atoms with van der Waals surface area (Å²) in [6, 6.07) is 6.53. The Morgan fingerprint density at radius 3 is 2.58 bits per heavy atom. The molecule has 1 N–H and O–H groups in total. The van der Waals surface area contributed by atoms with Crippen LogP contribution in [0.4, 0.5) is 0 Å². The first-order valence-electron chi connectivity index (χ1n) is 5.70. The number of hydrogen-bond donors (Lipinski definition) is 1. The van der Waals surface area contributed by atoms with Gasteiger partial charge in [-0.2, -0.15) is 0 Å². The molecule has 0 spiro atoms. The lowest BCUT2D eigenvalue weighted by molar-refractivity contribution is -0.121. The predicted octanol–water partition coefficient (Wildman–Crippen LogP) is 2.73. The number of carbonyl (C=O) groups excluding carboxylic acids is 2. The Bertz CT molecular complexity index is 495. The summed E-state index contributed by atoms with van der Waals surface area (Å²) in [6.07, 6.45) is 0.243. The number of azide groups is 1. The number of benzene rings is 1. The summed E-state index contributed by atoms with van der Waals surface area (Å²) >= 11 is 5.72. The Morgan fingerprint density at radius 1 is 1.26 bits per heavy atom. The summed E-state index contributed by atoms with van der Waals surface area (Å²) in [6.45, 7) is 0.478. The molecular formula is C12H13ClN4O2. The quantitative estimate of drug-likeness (QED) is 0.273. The number of Topliss-reactive ketones (excluding diaryl/α,β-unsaturated/α-hetero) is 1. The van der Waals surface area contributed by atoms with Crippen molar-refractivity contribution in [3.05, 3.63) is 45.3 Å². The van der Waals surface area contributed by atoms with Gasteiger partial charge in [0.1, 0.15) is 0 Å². The van der Waals surface area contributed by atoms with Gasteiger partial charge in [0.15, 0.2) is 5.78 Å². The van der Waals surface area contributed by atoms with E-state index in [1.165, 1.54) is 0 Å². The van der Waals surface area contributed by atoms with Gasteiger partial charge < -0.3 is 5.32 Å². The molecule has 0 aliphatic heterocycles. The van der Waals surface area contributed by atoms with E-state index in [1.807, 2.05) is 0 Å². The third kappa shape index (κ3) is 5.90. The zero-order chi connectivity index (χ0) is 14.1. The number of nitrogens with one attached hydrogen (secondary N) is 1. The fourth-order valence-corrected chi connectivity index (χ4v) is 1.51. The summed E-state index contributed by atoms with van der Waals surface area (Å²) in [5.41, 5.74) is 8.58. The average molecular weight is 281 g/mol. The van der Waals surface area contributed by atoms with Crippen molar-refractivity contribution in [1.82, 2.24) is 5.32 Å². The molecule has 1 aromatic carbocycles. The second-order valence-electron chi connectivity index (χ2n) is 3.73. The van der Waals surface area contributed by atoms with Gasteiger partial charge in [-0.1, -0.05) is 16.7 Å². The molecule has 1 aromatic rings. The molecule has 7 heteroatoms. The van der Waals surface area contributed by atoms with Crippen LogP contribution in [0, 0.1) is 0 Å². The van der Waals surface area contributed by atoms with Crippen molar-refractivity contribution >= 4 is 23.3 Å². The van der Waals surface area contributed by atoms with E-state index in [-0.39, 0.29) is 37.6 Å². The molecule has 6 nitrogen and oxygen atoms in total. The standard InChI is InChI=1S/C12H13ClN4O2/c13-10-3-1-9(2-4-10)11(18)5-6-12(19)15-7-8-16-17-14/h1-4H,5-8H2,(H,15,19). The molecule has 0 saturated heterocycles. The first-order chi connectivity index (χ1) is 9.13. The highest BCUT2D eigenvalue weighted by Crippen LogP contribution is 2.11. The summed E-state index contributed by atoms with van der Waals surface area (Å²) in [7, 11) is 0. The normalized spacial score (nSPS) is 9.53. The van der Waals surface area contributed by atoms with Crippen molar-refractivity contribution in [3.8, 4) is 0 Å². The predicted molar refractivity (Wildman–Crippen MR) is 72.0 cm³/mol. The third-order valence-electron chi connectivity index (χ3n) is 2.34. The van der Waals surface area contributed by atoms with Gasteiger partial charge in [0.2, 0.25) is 5.91 Å². The highest BCUT2D eigenvalue weighted by Gasteiger charge is 2.08. The number of hydrogen-bond acceptors (Lipinski definition) is 3. The van der Waals surface area contributed by atoms with Crippen molar-refractivity contribution in [1.29, 1.82) is 0 Å². The van der Waals surface area contributed by atoms with Crippen molar-refractivity contribution in [3.63, 3.8) is 0 Å². The van der Waals surface area contributed by atoms with Gasteiger partial charge in [0.05, 0.1) is 0 Å². The maximum absolute atomic E-state index is 11.7. The minimum Gasteiger partial charge on any atom is -0.356 e. The Morgan fingerprint density at radius 2 is 1.95 bits per heavy atom. The number of amides is 1. The van der Waals surface area contributed by atoms with Crippen LogP contribution >= 0.6 is 11.6 Å². The van der Waals surface area contributed by atoms with Crippen molar-refractivity contribution in [2.75, 3.05) is 13.1 Å². The van der Waals surface area contributed by atoms with Crippen LogP contribution in [0.3, 0.4) is 0 Å². The Hall–Kier alpha value is -2.04. The molecule has 100 valence electrons. The fourth-order valence-electron chi connectivity index (χ4n) is 1.39. The van der Waals surface area contributed by atoms with Gasteiger partial charge in [-0.25, -0.2) is 0 Å². The molecule has 0 bridgehead atoms. The Kier molecular flexibility index (Phi) is 6.43. The van der Waals surface area contributed by atoms with Crippen LogP contribution in [0.15, 0.2) is 29.4 Å². The molecular weight excluding hydrogens is 268 g/mol. The molecule has 19 heavy (non-hydrogen) atoms. The van der Waals surface area contributed by atoms with Crippen LogP contribution in [0.25, 0.3) is 10.4 Å². The highest BCUT2D eigenvalue weighted by atomic mass is 35.5. The molecule has 0 aromatic heterocycles. The van der Waals surface area contributed by atoms with Gasteiger partial charge >= 0.3 is 0 Å². The first kappa shape index (κ1) is 15.0. The van der Waals surface area contributed by atoms with E-state index < -0.39 is 0 Å². The third-order valence-corrected chi connectivity index (χ3v) is 2.59. The minimum atomic E-state index is -0.240. The number of nitrogens with zero attached hydrogens (tertiary/aromatic N) is 3. The van der Waals surface area contributed by atoms with Gasteiger partial charge in [0.25, 0.3) is 0 Å². The molecule has 0 heterocycles. The smallest absolute Gasteiger partial charge is 0.220 e. The Labute approximate surface area is 115 Å². The molecule has 0 fully saturated rings. The zero-order valence-corrected chi connectivity index (χ0v) is 10.9. The van der Waals surface area contributed by atoms with Crippen LogP contribution in [0.5, 0.6) is 0 Å². The largest absolute Gasteiger partial charge is 0.356 e. The summed E-state index contributed by atoms with van der Waals surface area (Å²) in [4.78, 5) is 25.7. The molecule has 0 unspecified atom stereocenters. The number of rotatable bonds is 7. The van der Waals surface area contributed by atoms with E-state index in [0.717, 1.165) is 0 Å². The average Bonchev–Trinajstić information content (AvgIpc) is 2.42. The summed E-state index contributed by atoms with van der Waals surface area (Å²) in [5, 5.41) is 6.40. The van der Waals surface area contributed by atoms with E-state index in [1.54, 1.807) is 24.3 Å². The number of carbonyl (C=O) groups is 2. The van der Waals surface area contributed by atoms with Gasteiger partial charge in [-0.05, 0) is 29.8 Å². The van der Waals surface area contributed by atoms with E-state index in [4.69, 9.17) is 17.1 Å². The maximum atomic E-state index is 11.7. The maximum Gasteiger partial charge on any atom is 0.220 e. The van der Waals surface area contributed by atoms with Crippen LogP contribution in [-0.4, -0.2) is 24.8 Å². The SMILES string of the molecule is [N-]=[N+]=NCCNC(=O)CCC(=O)c1ccc(Cl)cc1. The summed E-state index contributed by atoms with van der Waals surface area (Å²) < 4.78 is 0. The molecule has 0 saturated carbocycles. The Balaban J connectivity index is 2.31. The molecule has 1 amide bonds. The van der Waals surface area contributed by atoms with Gasteiger partial charge in [-0.3, -0.25) is 9.59 Å². The van der Waals surface area contributed by atoms with Crippen molar-refractivity contribution in [2.24, 2.45) is 5.11 Å². The van der Waals surface area contributed by atoms with Gasteiger partial charge in [0, 0.05) is 41.4 Å². The van der Waals surface area contributed by atoms with Gasteiger partial charge in [-0.15, -0.1) is 0 Å². The van der Waals surface area contributed by atoms with Crippen molar-refractivity contribution in [2.45, 2.75) is 12.8 Å². The first-order valence-corrected chi connectivity index (χ1v) is 6.07. The summed E-state index contributed by atoms with van der Waals surface area (Å²) in [5.74, 6) is -0.350. The molecule has 1 rings (SSSR count). The lowest BCUT2D eigenvalue weighted by Gasteiger charge is -2.03. The molecule has 0 atom stereocenters. The molecule has 0 aliphatic rings. The second kappa shape index (κ2) is 8.13. The minimum absolute atomic E-state index is 0.109. The fraction of sp³-hybridized carbons (Fsp3) is 0.333. The lowest BCUT2D eigenvalue weighted by Crippen LogP contribution is -2.26. The van der Waals surface area contributed by atoms with E-state index in [0.29, 0.717) is 10.6 Å². The monoisotopic (exact) mass is 280 g/mol. The molecule has 0 aliphatic carbocycles. The second-order valence-corrected chi connectivity index (χ2v) is 4.17. The van der Waals surface area contributed by atoms with E-state index >= 15 is 0 Å². The lowest BCUT2D eigenvalue weighted by atomic mass is 10.1. The van der Waals surface area contributed by atoms with Crippen LogP contribution in [0.2, 0.25) is 5.02 Å². The van der Waals surface area contributed by atoms with E-state index in [9.17, 15) is 9.59 Å². The van der Waals surface area contributed by atoms with Crippen LogP contribution < -0.4 is 5.32 Å². The zero-order valence-electron chi connectivity index (χ0n) is 10.2. The van der Waals surface area contributed by atoms with Crippen LogP contribution in [0.1, 0.15) is 23.2 Å². The van der Waals surface area contributed by atoms with Crippen molar-refractivity contribution < 1.29 is 9.59 Å². The van der Waals surface area contributed by atoms with Crippen LogP contribution in [-0.2, 0) is 4.79 Å². The van der Waals surface area contributed by atoms with E-state index in [2.05, 4.69) is 15.3 Å². The number of halogens is 1.